The Labute approximate surface area is 179 Å². The number of nitrogens with one attached hydrogen (secondary N) is 2. The first-order chi connectivity index (χ1) is 14.1. The van der Waals surface area contributed by atoms with E-state index in [2.05, 4.69) is 28.3 Å². The Bertz CT molecular complexity index is 372. The van der Waals surface area contributed by atoms with Gasteiger partial charge in [0.25, 0.3) is 0 Å². The number of rotatable bonds is 11. The van der Waals surface area contributed by atoms with Gasteiger partial charge in [-0.1, -0.05) is 46.0 Å². The van der Waals surface area contributed by atoms with Gasteiger partial charge in [-0.3, -0.25) is 9.59 Å². The summed E-state index contributed by atoms with van der Waals surface area (Å²) in [7, 11) is 3.57. The summed E-state index contributed by atoms with van der Waals surface area (Å²) in [6.45, 7) is 7.80. The van der Waals surface area contributed by atoms with Crippen molar-refractivity contribution in [2.45, 2.75) is 78.1 Å². The van der Waals surface area contributed by atoms with E-state index in [4.69, 9.17) is 5.73 Å². The van der Waals surface area contributed by atoms with Crippen LogP contribution in [0.1, 0.15) is 78.1 Å². The third-order valence-electron chi connectivity index (χ3n) is 4.91. The van der Waals surface area contributed by atoms with Gasteiger partial charge in [-0.15, -0.1) is 0 Å². The molecule has 1 fully saturated rings. The molecule has 0 spiro atoms. The van der Waals surface area contributed by atoms with Crippen molar-refractivity contribution in [3.8, 4) is 0 Å². The van der Waals surface area contributed by atoms with Crippen molar-refractivity contribution in [2.24, 2.45) is 17.4 Å². The van der Waals surface area contributed by atoms with Crippen LogP contribution < -0.4 is 22.1 Å². The van der Waals surface area contributed by atoms with Crippen molar-refractivity contribution in [2.75, 3.05) is 46.8 Å². The molecule has 0 saturated heterocycles. The minimum absolute atomic E-state index is 0.0163. The second-order valence-electron chi connectivity index (χ2n) is 7.23. The molecule has 0 unspecified atom stereocenters. The molecule has 1 saturated carbocycles. The molecule has 29 heavy (non-hydrogen) atoms. The summed E-state index contributed by atoms with van der Waals surface area (Å²) in [4.78, 5) is 26.3. The van der Waals surface area contributed by atoms with Gasteiger partial charge in [0.15, 0.2) is 0 Å². The SMILES string of the molecule is CC.CN.CN(CCCN)CCCNC(=O)CCNC(=O)C1CCCCCCC1. The van der Waals surface area contributed by atoms with Crippen LogP contribution in [0.15, 0.2) is 0 Å². The first-order valence-corrected chi connectivity index (χ1v) is 11.6. The molecule has 0 aliphatic heterocycles. The minimum Gasteiger partial charge on any atom is -0.356 e. The summed E-state index contributed by atoms with van der Waals surface area (Å²) in [5.74, 6) is 0.297. The summed E-state index contributed by atoms with van der Waals surface area (Å²) < 4.78 is 0. The maximum atomic E-state index is 12.2. The van der Waals surface area contributed by atoms with Crippen molar-refractivity contribution in [1.82, 2.24) is 15.5 Å². The standard InChI is InChI=1S/C19H38N4O2.C2H6.CH5N/c1-23(15-7-12-20)16-8-13-21-18(24)11-14-22-19(25)17-9-5-3-2-4-6-10-17;2*1-2/h17H,2-16,20H2,1H3,(H,21,24)(H,22,25);1-2H3;2H2,1H3. The molecule has 0 bridgehead atoms. The fraction of sp³-hybridized carbons (Fsp3) is 0.909. The molecule has 1 aliphatic rings. The molecule has 0 aromatic rings. The fourth-order valence-electron chi connectivity index (χ4n) is 3.30. The van der Waals surface area contributed by atoms with Crippen LogP contribution in [0.2, 0.25) is 0 Å². The van der Waals surface area contributed by atoms with Gasteiger partial charge in [0.1, 0.15) is 0 Å². The molecule has 0 radical (unpaired) electrons. The highest BCUT2D eigenvalue weighted by molar-refractivity contribution is 5.80. The first kappa shape index (κ1) is 30.0. The van der Waals surface area contributed by atoms with E-state index >= 15 is 0 Å². The Balaban J connectivity index is 0. The fourth-order valence-corrected chi connectivity index (χ4v) is 3.30. The van der Waals surface area contributed by atoms with Crippen molar-refractivity contribution < 1.29 is 9.59 Å². The topological polar surface area (TPSA) is 113 Å². The molecular weight excluding hydrogens is 366 g/mol. The highest BCUT2D eigenvalue weighted by Gasteiger charge is 2.18. The van der Waals surface area contributed by atoms with Crippen LogP contribution in [0.25, 0.3) is 0 Å². The number of carbonyl (C=O) groups is 2. The lowest BCUT2D eigenvalue weighted by Crippen LogP contribution is -2.35. The molecule has 6 N–H and O–H groups in total. The Morgan fingerprint density at radius 1 is 0.897 bits per heavy atom. The number of carbonyl (C=O) groups excluding carboxylic acids is 2. The number of amides is 2. The smallest absolute Gasteiger partial charge is 0.223 e. The van der Waals surface area contributed by atoms with Crippen LogP contribution in [0.4, 0.5) is 0 Å². The van der Waals surface area contributed by atoms with Crippen molar-refractivity contribution in [3.05, 3.63) is 0 Å². The lowest BCUT2D eigenvalue weighted by Gasteiger charge is -2.19. The van der Waals surface area contributed by atoms with E-state index in [1.807, 2.05) is 13.8 Å². The quantitative estimate of drug-likeness (QED) is 0.387. The van der Waals surface area contributed by atoms with E-state index in [1.54, 1.807) is 0 Å². The molecule has 0 aromatic carbocycles. The molecule has 7 nitrogen and oxygen atoms in total. The molecule has 174 valence electrons. The van der Waals surface area contributed by atoms with E-state index in [1.165, 1.54) is 26.3 Å². The summed E-state index contributed by atoms with van der Waals surface area (Å²) in [5.41, 5.74) is 9.99. The van der Waals surface area contributed by atoms with Crippen LogP contribution in [0.5, 0.6) is 0 Å². The van der Waals surface area contributed by atoms with E-state index in [-0.39, 0.29) is 17.7 Å². The third kappa shape index (κ3) is 18.6. The lowest BCUT2D eigenvalue weighted by atomic mass is 9.90. The Kier molecular flexibility index (Phi) is 23.9. The number of nitrogens with zero attached hydrogens (tertiary/aromatic N) is 1. The Morgan fingerprint density at radius 2 is 1.45 bits per heavy atom. The second-order valence-corrected chi connectivity index (χ2v) is 7.23. The maximum absolute atomic E-state index is 12.2. The van der Waals surface area contributed by atoms with Crippen LogP contribution >= 0.6 is 0 Å². The van der Waals surface area contributed by atoms with Gasteiger partial charge in [0, 0.05) is 25.4 Å². The Morgan fingerprint density at radius 3 is 2.03 bits per heavy atom. The second kappa shape index (κ2) is 23.1. The molecule has 0 aromatic heterocycles. The van der Waals surface area contributed by atoms with E-state index in [0.29, 0.717) is 26.1 Å². The molecule has 1 rings (SSSR count). The summed E-state index contributed by atoms with van der Waals surface area (Å²) in [6.07, 6.45) is 10.4. The van der Waals surface area contributed by atoms with Crippen LogP contribution in [-0.2, 0) is 9.59 Å². The van der Waals surface area contributed by atoms with Crippen LogP contribution in [0.3, 0.4) is 0 Å². The van der Waals surface area contributed by atoms with Crippen molar-refractivity contribution in [1.29, 1.82) is 0 Å². The maximum Gasteiger partial charge on any atom is 0.223 e. The summed E-state index contributed by atoms with van der Waals surface area (Å²) in [5, 5.41) is 5.87. The predicted molar refractivity (Wildman–Crippen MR) is 124 cm³/mol. The lowest BCUT2D eigenvalue weighted by molar-refractivity contribution is -0.125. The molecule has 2 amide bonds. The normalized spacial score (nSPS) is 14.4. The Hall–Kier alpha value is -1.18. The molecule has 0 atom stereocenters. The zero-order valence-corrected chi connectivity index (χ0v) is 19.6. The zero-order chi connectivity index (χ0) is 22.3. The molecule has 1 aliphatic carbocycles. The summed E-state index contributed by atoms with van der Waals surface area (Å²) in [6, 6.07) is 0. The van der Waals surface area contributed by atoms with E-state index < -0.39 is 0 Å². The average molecular weight is 416 g/mol. The van der Waals surface area contributed by atoms with Gasteiger partial charge in [0.2, 0.25) is 11.8 Å². The molecule has 7 heteroatoms. The highest BCUT2D eigenvalue weighted by atomic mass is 16.2. The monoisotopic (exact) mass is 415 g/mol. The zero-order valence-electron chi connectivity index (χ0n) is 19.6. The largest absolute Gasteiger partial charge is 0.356 e. The van der Waals surface area contributed by atoms with Gasteiger partial charge in [-0.2, -0.15) is 0 Å². The third-order valence-corrected chi connectivity index (χ3v) is 4.91. The number of nitrogens with two attached hydrogens (primary N) is 2. The molecule has 0 heterocycles. The first-order valence-electron chi connectivity index (χ1n) is 11.6. The van der Waals surface area contributed by atoms with Crippen molar-refractivity contribution in [3.63, 3.8) is 0 Å². The number of hydrogen-bond donors (Lipinski definition) is 4. The number of hydrogen-bond acceptors (Lipinski definition) is 5. The van der Waals surface area contributed by atoms with Gasteiger partial charge in [-0.05, 0) is 59.4 Å². The van der Waals surface area contributed by atoms with Gasteiger partial charge < -0.3 is 27.0 Å². The van der Waals surface area contributed by atoms with E-state index in [0.717, 1.165) is 51.6 Å². The predicted octanol–water partition coefficient (Wildman–Crippen LogP) is 2.24. The minimum atomic E-state index is 0.0163. The molecular formula is C22H49N5O2. The van der Waals surface area contributed by atoms with Gasteiger partial charge in [-0.25, -0.2) is 0 Å². The van der Waals surface area contributed by atoms with E-state index in [9.17, 15) is 9.59 Å². The van der Waals surface area contributed by atoms with Crippen LogP contribution in [-0.4, -0.2) is 63.5 Å². The van der Waals surface area contributed by atoms with Crippen LogP contribution in [0, 0.1) is 5.92 Å². The highest BCUT2D eigenvalue weighted by Crippen LogP contribution is 2.22. The average Bonchev–Trinajstić information content (AvgIpc) is 2.72. The van der Waals surface area contributed by atoms with Gasteiger partial charge in [0.05, 0.1) is 0 Å². The van der Waals surface area contributed by atoms with Gasteiger partial charge >= 0.3 is 0 Å². The van der Waals surface area contributed by atoms with Crippen molar-refractivity contribution >= 4 is 11.8 Å². The summed E-state index contributed by atoms with van der Waals surface area (Å²) >= 11 is 0.